The molecule has 0 radical (unpaired) electrons. The lowest BCUT2D eigenvalue weighted by molar-refractivity contribution is -0.137. The number of hydrogen-bond donors (Lipinski definition) is 2. The highest BCUT2D eigenvalue weighted by atomic mass is 35.5. The fourth-order valence-electron chi connectivity index (χ4n) is 1.74. The van der Waals surface area contributed by atoms with E-state index in [4.69, 9.17) is 23.2 Å². The van der Waals surface area contributed by atoms with Gasteiger partial charge in [0.1, 0.15) is 0 Å². The van der Waals surface area contributed by atoms with E-state index in [0.717, 1.165) is 18.2 Å². The van der Waals surface area contributed by atoms with E-state index >= 15 is 0 Å². The molecule has 2 rings (SSSR count). The number of rotatable bonds is 4. The summed E-state index contributed by atoms with van der Waals surface area (Å²) < 4.78 is 38.0. The number of carbonyl (C=O) groups excluding carboxylic acids is 1. The van der Waals surface area contributed by atoms with Gasteiger partial charge in [-0.2, -0.15) is 13.2 Å². The van der Waals surface area contributed by atoms with Crippen LogP contribution in [0.15, 0.2) is 42.5 Å². The Morgan fingerprint density at radius 3 is 2.30 bits per heavy atom. The first-order chi connectivity index (χ1) is 10.8. The van der Waals surface area contributed by atoms with Gasteiger partial charge in [0.2, 0.25) is 5.91 Å². The molecule has 1 amide bonds. The Bertz CT molecular complexity index is 703. The maximum atomic E-state index is 12.7. The molecule has 0 spiro atoms. The molecule has 23 heavy (non-hydrogen) atoms. The molecule has 0 aliphatic rings. The van der Waals surface area contributed by atoms with Gasteiger partial charge in [-0.25, -0.2) is 0 Å². The maximum absolute atomic E-state index is 12.7. The maximum Gasteiger partial charge on any atom is 0.416 e. The van der Waals surface area contributed by atoms with Gasteiger partial charge in [0.15, 0.2) is 0 Å². The van der Waals surface area contributed by atoms with Crippen molar-refractivity contribution < 1.29 is 18.0 Å². The molecule has 0 saturated heterocycles. The van der Waals surface area contributed by atoms with Crippen molar-refractivity contribution in [3.63, 3.8) is 0 Å². The van der Waals surface area contributed by atoms with Crippen LogP contribution in [0, 0.1) is 0 Å². The third-order valence-electron chi connectivity index (χ3n) is 2.87. The van der Waals surface area contributed by atoms with Gasteiger partial charge >= 0.3 is 6.18 Å². The first-order valence-corrected chi connectivity index (χ1v) is 7.17. The van der Waals surface area contributed by atoms with Crippen molar-refractivity contribution in [3.05, 3.63) is 58.1 Å². The zero-order valence-corrected chi connectivity index (χ0v) is 13.1. The van der Waals surface area contributed by atoms with Crippen LogP contribution in [0.2, 0.25) is 10.0 Å². The lowest BCUT2D eigenvalue weighted by Crippen LogP contribution is -2.22. The van der Waals surface area contributed by atoms with E-state index < -0.39 is 17.6 Å². The Morgan fingerprint density at radius 2 is 1.70 bits per heavy atom. The molecular weight excluding hydrogens is 352 g/mol. The van der Waals surface area contributed by atoms with Crippen LogP contribution in [0.3, 0.4) is 0 Å². The van der Waals surface area contributed by atoms with E-state index in [1.165, 1.54) is 0 Å². The summed E-state index contributed by atoms with van der Waals surface area (Å²) in [4.78, 5) is 11.8. The second-order valence-corrected chi connectivity index (χ2v) is 5.44. The monoisotopic (exact) mass is 362 g/mol. The number of alkyl halides is 3. The van der Waals surface area contributed by atoms with Crippen LogP contribution in [0.1, 0.15) is 5.56 Å². The first kappa shape index (κ1) is 17.4. The van der Waals surface area contributed by atoms with Gasteiger partial charge in [-0.15, -0.1) is 0 Å². The molecular formula is C15H11Cl2F3N2O. The lowest BCUT2D eigenvalue weighted by Gasteiger charge is -2.12. The Hall–Kier alpha value is -1.92. The summed E-state index contributed by atoms with van der Waals surface area (Å²) in [7, 11) is 0. The smallest absolute Gasteiger partial charge is 0.376 e. The Morgan fingerprint density at radius 1 is 1.04 bits per heavy atom. The second kappa shape index (κ2) is 7.10. The Labute approximate surface area is 140 Å². The number of nitrogens with one attached hydrogen (secondary N) is 2. The van der Waals surface area contributed by atoms with E-state index in [2.05, 4.69) is 10.6 Å². The fourth-order valence-corrected chi connectivity index (χ4v) is 2.03. The van der Waals surface area contributed by atoms with E-state index in [1.54, 1.807) is 24.3 Å². The van der Waals surface area contributed by atoms with Crippen molar-refractivity contribution >= 4 is 40.5 Å². The molecule has 0 bridgehead atoms. The van der Waals surface area contributed by atoms with E-state index in [-0.39, 0.29) is 17.3 Å². The van der Waals surface area contributed by atoms with Gasteiger partial charge in [0, 0.05) is 10.7 Å². The van der Waals surface area contributed by atoms with Gasteiger partial charge in [-0.3, -0.25) is 4.79 Å². The third-order valence-corrected chi connectivity index (χ3v) is 3.45. The van der Waals surface area contributed by atoms with E-state index in [9.17, 15) is 18.0 Å². The van der Waals surface area contributed by atoms with Crippen LogP contribution >= 0.6 is 23.2 Å². The average Bonchev–Trinajstić information content (AvgIpc) is 2.48. The highest BCUT2D eigenvalue weighted by molar-refractivity contribution is 6.33. The minimum Gasteiger partial charge on any atom is -0.376 e. The SMILES string of the molecule is O=C(CNc1ccc(Cl)cc1)Nc1cc(C(F)(F)F)ccc1Cl. The molecule has 0 unspecified atom stereocenters. The predicted octanol–water partition coefficient (Wildman–Crippen LogP) is 5.06. The highest BCUT2D eigenvalue weighted by Gasteiger charge is 2.31. The van der Waals surface area contributed by atoms with Gasteiger partial charge in [-0.05, 0) is 42.5 Å². The predicted molar refractivity (Wildman–Crippen MR) is 85.0 cm³/mol. The fraction of sp³-hybridized carbons (Fsp3) is 0.133. The number of anilines is 2. The van der Waals surface area contributed by atoms with Crippen molar-refractivity contribution in [3.8, 4) is 0 Å². The Balaban J connectivity index is 2.01. The van der Waals surface area contributed by atoms with E-state index in [0.29, 0.717) is 10.7 Å². The molecule has 2 N–H and O–H groups in total. The number of hydrogen-bond acceptors (Lipinski definition) is 2. The quantitative estimate of drug-likeness (QED) is 0.797. The van der Waals surface area contributed by atoms with Gasteiger partial charge in [0.05, 0.1) is 22.8 Å². The van der Waals surface area contributed by atoms with Crippen LogP contribution in [0.25, 0.3) is 0 Å². The molecule has 3 nitrogen and oxygen atoms in total. The second-order valence-electron chi connectivity index (χ2n) is 4.60. The minimum absolute atomic E-state index is 0.0258. The summed E-state index contributed by atoms with van der Waals surface area (Å²) in [5.74, 6) is -0.527. The van der Waals surface area contributed by atoms with Crippen LogP contribution in [0.5, 0.6) is 0 Å². The molecule has 0 aliphatic carbocycles. The zero-order chi connectivity index (χ0) is 17.0. The van der Waals surface area contributed by atoms with Gasteiger partial charge < -0.3 is 10.6 Å². The molecule has 2 aromatic carbocycles. The average molecular weight is 363 g/mol. The van der Waals surface area contributed by atoms with Crippen molar-refractivity contribution in [1.82, 2.24) is 0 Å². The largest absolute Gasteiger partial charge is 0.416 e. The normalized spacial score (nSPS) is 11.2. The third kappa shape index (κ3) is 5.04. The van der Waals surface area contributed by atoms with Crippen molar-refractivity contribution in [1.29, 1.82) is 0 Å². The Kier molecular flexibility index (Phi) is 5.38. The topological polar surface area (TPSA) is 41.1 Å². The van der Waals surface area contributed by atoms with Crippen molar-refractivity contribution in [2.75, 3.05) is 17.2 Å². The summed E-state index contributed by atoms with van der Waals surface area (Å²) in [6, 6.07) is 9.37. The molecule has 0 aromatic heterocycles. The van der Waals surface area contributed by atoms with Crippen LogP contribution in [-0.4, -0.2) is 12.5 Å². The van der Waals surface area contributed by atoms with Gasteiger partial charge in [-0.1, -0.05) is 23.2 Å². The standard InChI is InChI=1S/C15H11Cl2F3N2O/c16-10-2-4-11(5-3-10)21-8-14(23)22-13-7-9(15(18,19)20)1-6-12(13)17/h1-7,21H,8H2,(H,22,23). The van der Waals surface area contributed by atoms with Crippen molar-refractivity contribution in [2.45, 2.75) is 6.18 Å². The molecule has 122 valence electrons. The molecule has 0 aliphatic heterocycles. The van der Waals surface area contributed by atoms with Crippen LogP contribution in [0.4, 0.5) is 24.5 Å². The molecule has 0 heterocycles. The zero-order valence-electron chi connectivity index (χ0n) is 11.5. The van der Waals surface area contributed by atoms with E-state index in [1.807, 2.05) is 0 Å². The molecule has 0 atom stereocenters. The summed E-state index contributed by atoms with van der Waals surface area (Å²) in [5, 5.41) is 5.74. The lowest BCUT2D eigenvalue weighted by atomic mass is 10.2. The number of carbonyl (C=O) groups is 1. The van der Waals surface area contributed by atoms with Crippen LogP contribution in [-0.2, 0) is 11.0 Å². The van der Waals surface area contributed by atoms with Gasteiger partial charge in [0.25, 0.3) is 0 Å². The minimum atomic E-state index is -4.51. The number of amides is 1. The summed E-state index contributed by atoms with van der Waals surface area (Å²) in [6.45, 7) is -0.131. The number of halogens is 5. The molecule has 8 heteroatoms. The highest BCUT2D eigenvalue weighted by Crippen LogP contribution is 2.33. The van der Waals surface area contributed by atoms with Crippen LogP contribution < -0.4 is 10.6 Å². The first-order valence-electron chi connectivity index (χ1n) is 6.42. The van der Waals surface area contributed by atoms with Crippen molar-refractivity contribution in [2.24, 2.45) is 0 Å². The molecule has 2 aromatic rings. The summed E-state index contributed by atoms with van der Waals surface area (Å²) >= 11 is 11.5. The summed E-state index contributed by atoms with van der Waals surface area (Å²) in [5.41, 5.74) is -0.327. The number of benzene rings is 2. The summed E-state index contributed by atoms with van der Waals surface area (Å²) in [6.07, 6.45) is -4.51. The molecule has 0 saturated carbocycles. The molecule has 0 fully saturated rings.